The van der Waals surface area contributed by atoms with Gasteiger partial charge in [-0.25, -0.2) is 13.2 Å². The number of rotatable bonds is 6. The molecule has 1 atom stereocenters. The maximum atomic E-state index is 13.3. The smallest absolute Gasteiger partial charge is 0.207 e. The van der Waals surface area contributed by atoms with Crippen molar-refractivity contribution in [2.75, 3.05) is 13.1 Å². The zero-order chi connectivity index (χ0) is 15.4. The van der Waals surface area contributed by atoms with Crippen molar-refractivity contribution in [1.82, 2.24) is 5.32 Å². The highest BCUT2D eigenvalue weighted by Crippen LogP contribution is 2.29. The number of hydrogen-bond acceptors (Lipinski definition) is 2. The molecule has 0 heterocycles. The molecule has 1 rings (SSSR count). The molecule has 0 radical (unpaired) electrons. The summed E-state index contributed by atoms with van der Waals surface area (Å²) in [6.07, 6.45) is -0.748. The van der Waals surface area contributed by atoms with Gasteiger partial charge >= 0.3 is 0 Å². The summed E-state index contributed by atoms with van der Waals surface area (Å²) in [6, 6.07) is 0. The van der Waals surface area contributed by atoms with E-state index in [1.54, 1.807) is 0 Å². The van der Waals surface area contributed by atoms with Crippen molar-refractivity contribution < 1.29 is 26.7 Å². The lowest BCUT2D eigenvalue weighted by Gasteiger charge is -2.17. The van der Waals surface area contributed by atoms with Gasteiger partial charge in [0.2, 0.25) is 29.1 Å². The van der Waals surface area contributed by atoms with Crippen LogP contribution in [-0.4, -0.2) is 19.2 Å². The number of nitrogens with one attached hydrogen (secondary N) is 1. The molecule has 0 fully saturated rings. The number of halogens is 5. The second kappa shape index (κ2) is 6.88. The van der Waals surface area contributed by atoms with E-state index in [-0.39, 0.29) is 6.54 Å². The van der Waals surface area contributed by atoms with Crippen LogP contribution >= 0.6 is 0 Å². The van der Waals surface area contributed by atoms with E-state index in [1.807, 2.05) is 13.8 Å². The maximum absolute atomic E-state index is 13.3. The van der Waals surface area contributed by atoms with Gasteiger partial charge in [-0.15, -0.1) is 0 Å². The Balaban J connectivity index is 2.82. The van der Waals surface area contributed by atoms with Crippen molar-refractivity contribution in [1.29, 1.82) is 0 Å². The van der Waals surface area contributed by atoms with Gasteiger partial charge in [0.15, 0.2) is 5.75 Å². The van der Waals surface area contributed by atoms with Gasteiger partial charge in [0.25, 0.3) is 0 Å². The number of ether oxygens (including phenoxy) is 1. The van der Waals surface area contributed by atoms with E-state index >= 15 is 0 Å². The van der Waals surface area contributed by atoms with Gasteiger partial charge in [0.1, 0.15) is 6.10 Å². The predicted octanol–water partition coefficient (Wildman–Crippen LogP) is 3.40. The van der Waals surface area contributed by atoms with Crippen LogP contribution in [0.3, 0.4) is 0 Å². The molecule has 20 heavy (non-hydrogen) atoms. The van der Waals surface area contributed by atoms with Crippen molar-refractivity contribution in [3.8, 4) is 5.75 Å². The van der Waals surface area contributed by atoms with E-state index in [0.717, 1.165) is 0 Å². The molecular formula is C13H16F5NO. The highest BCUT2D eigenvalue weighted by Gasteiger charge is 2.27. The molecule has 0 saturated heterocycles. The van der Waals surface area contributed by atoms with E-state index in [4.69, 9.17) is 4.74 Å². The average molecular weight is 297 g/mol. The molecule has 1 N–H and O–H groups in total. The molecule has 0 amide bonds. The van der Waals surface area contributed by atoms with E-state index < -0.39 is 40.9 Å². The summed E-state index contributed by atoms with van der Waals surface area (Å²) in [5.74, 6) is -11.0. The molecule has 0 aliphatic heterocycles. The van der Waals surface area contributed by atoms with Crippen molar-refractivity contribution in [3.05, 3.63) is 29.1 Å². The first-order chi connectivity index (χ1) is 9.25. The molecule has 7 heteroatoms. The van der Waals surface area contributed by atoms with Crippen LogP contribution in [0.4, 0.5) is 22.0 Å². The maximum Gasteiger partial charge on any atom is 0.207 e. The molecule has 114 valence electrons. The Morgan fingerprint density at radius 3 is 1.70 bits per heavy atom. The Bertz CT molecular complexity index is 449. The third-order valence-electron chi connectivity index (χ3n) is 2.47. The van der Waals surface area contributed by atoms with Crippen molar-refractivity contribution in [2.45, 2.75) is 26.9 Å². The molecule has 0 saturated carbocycles. The Hall–Kier alpha value is -1.37. The molecule has 1 aromatic rings. The van der Waals surface area contributed by atoms with Crippen LogP contribution in [-0.2, 0) is 0 Å². The fourth-order valence-corrected chi connectivity index (χ4v) is 1.51. The van der Waals surface area contributed by atoms with Crippen LogP contribution in [0.25, 0.3) is 0 Å². The van der Waals surface area contributed by atoms with Crippen molar-refractivity contribution in [2.24, 2.45) is 5.92 Å². The first kappa shape index (κ1) is 16.7. The highest BCUT2D eigenvalue weighted by molar-refractivity contribution is 5.29. The van der Waals surface area contributed by atoms with Crippen molar-refractivity contribution >= 4 is 0 Å². The van der Waals surface area contributed by atoms with E-state index in [1.165, 1.54) is 6.92 Å². The van der Waals surface area contributed by atoms with Gasteiger partial charge < -0.3 is 10.1 Å². The lowest BCUT2D eigenvalue weighted by atomic mass is 10.2. The first-order valence-electron chi connectivity index (χ1n) is 6.14. The number of benzene rings is 1. The summed E-state index contributed by atoms with van der Waals surface area (Å²) in [4.78, 5) is 0. The van der Waals surface area contributed by atoms with E-state index in [2.05, 4.69) is 5.32 Å². The molecule has 0 aliphatic carbocycles. The average Bonchev–Trinajstić information content (AvgIpc) is 2.39. The minimum atomic E-state index is -2.20. The Kier molecular flexibility index (Phi) is 5.74. The van der Waals surface area contributed by atoms with Crippen LogP contribution in [0, 0.1) is 35.0 Å². The number of hydrogen-bond donors (Lipinski definition) is 1. The fourth-order valence-electron chi connectivity index (χ4n) is 1.51. The molecule has 2 nitrogen and oxygen atoms in total. The lowest BCUT2D eigenvalue weighted by molar-refractivity contribution is 0.188. The summed E-state index contributed by atoms with van der Waals surface area (Å²) in [6.45, 7) is 6.25. The molecule has 0 aromatic heterocycles. The monoisotopic (exact) mass is 297 g/mol. The van der Waals surface area contributed by atoms with Gasteiger partial charge in [0.05, 0.1) is 0 Å². The van der Waals surface area contributed by atoms with Gasteiger partial charge in [0, 0.05) is 6.54 Å². The molecule has 0 bridgehead atoms. The zero-order valence-corrected chi connectivity index (χ0v) is 11.4. The van der Waals surface area contributed by atoms with Crippen LogP contribution in [0.5, 0.6) is 5.75 Å². The quantitative estimate of drug-likeness (QED) is 0.494. The molecule has 1 aromatic carbocycles. The lowest BCUT2D eigenvalue weighted by Crippen LogP contribution is -2.32. The summed E-state index contributed by atoms with van der Waals surface area (Å²) in [5.41, 5.74) is 0. The molecule has 0 spiro atoms. The van der Waals surface area contributed by atoms with Crippen LogP contribution in [0.15, 0.2) is 0 Å². The zero-order valence-electron chi connectivity index (χ0n) is 11.4. The summed E-state index contributed by atoms with van der Waals surface area (Å²) in [5, 5.41) is 2.95. The Morgan fingerprint density at radius 2 is 1.25 bits per heavy atom. The molecule has 0 aliphatic rings. The summed E-state index contributed by atoms with van der Waals surface area (Å²) >= 11 is 0. The first-order valence-corrected chi connectivity index (χ1v) is 6.14. The molecular weight excluding hydrogens is 281 g/mol. The van der Waals surface area contributed by atoms with Crippen LogP contribution in [0.1, 0.15) is 20.8 Å². The van der Waals surface area contributed by atoms with Crippen LogP contribution < -0.4 is 10.1 Å². The SMILES string of the molecule is CC(C)CNCC(C)Oc1c(F)c(F)c(F)c(F)c1F. The Morgan fingerprint density at radius 1 is 0.800 bits per heavy atom. The van der Waals surface area contributed by atoms with Crippen LogP contribution in [0.2, 0.25) is 0 Å². The third kappa shape index (κ3) is 3.82. The van der Waals surface area contributed by atoms with Gasteiger partial charge in [-0.05, 0) is 19.4 Å². The second-order valence-corrected chi connectivity index (χ2v) is 4.88. The standard InChI is InChI=1S/C13H16F5NO/c1-6(2)4-19-5-7(3)20-13-11(17)9(15)8(14)10(16)12(13)18/h6-7,19H,4-5H2,1-3H3. The largest absolute Gasteiger partial charge is 0.483 e. The second-order valence-electron chi connectivity index (χ2n) is 4.88. The summed E-state index contributed by atoms with van der Waals surface area (Å²) < 4.78 is 70.2. The topological polar surface area (TPSA) is 21.3 Å². The fraction of sp³-hybridized carbons (Fsp3) is 0.538. The minimum Gasteiger partial charge on any atom is -0.483 e. The third-order valence-corrected chi connectivity index (χ3v) is 2.47. The minimum absolute atomic E-state index is 0.220. The highest BCUT2D eigenvalue weighted by atomic mass is 19.2. The van der Waals surface area contributed by atoms with Gasteiger partial charge in [-0.1, -0.05) is 13.8 Å². The van der Waals surface area contributed by atoms with Gasteiger partial charge in [-0.3, -0.25) is 0 Å². The summed E-state index contributed by atoms with van der Waals surface area (Å²) in [7, 11) is 0. The van der Waals surface area contributed by atoms with Crippen molar-refractivity contribution in [3.63, 3.8) is 0 Å². The van der Waals surface area contributed by atoms with E-state index in [0.29, 0.717) is 12.5 Å². The van der Waals surface area contributed by atoms with E-state index in [9.17, 15) is 22.0 Å². The van der Waals surface area contributed by atoms with Gasteiger partial charge in [-0.2, -0.15) is 8.78 Å². The molecule has 1 unspecified atom stereocenters. The Labute approximate surface area is 113 Å². The normalized spacial score (nSPS) is 12.8. The predicted molar refractivity (Wildman–Crippen MR) is 64.0 cm³/mol.